The maximum absolute atomic E-state index is 15.0. The standard InChI is InChI=1S/C27H29ClF2N6O3/c1-26(2)38-22-15(20-9-18(30)21-25(32)33-12-34-36(20)21)10-27(11-37-3,23(22)39-26)5-4-13-6-17(29)14-8-16(28)24(31)35-19(14)7-13/h6-9,12,15,22-23H,4-5,10-11H2,1-3H3,(H2,31,35)(H2,32,33,34)/t15-,22-,23-,27-/m0/s1. The molecule has 9 nitrogen and oxygen atoms in total. The van der Waals surface area contributed by atoms with Gasteiger partial charge in [0.05, 0.1) is 35.0 Å². The minimum absolute atomic E-state index is 0.0595. The van der Waals surface area contributed by atoms with E-state index in [1.165, 1.54) is 29.0 Å². The smallest absolute Gasteiger partial charge is 0.163 e. The Labute approximate surface area is 228 Å². The normalized spacial score (nSPS) is 26.1. The predicted molar refractivity (Wildman–Crippen MR) is 142 cm³/mol. The van der Waals surface area contributed by atoms with Gasteiger partial charge in [0.15, 0.2) is 17.4 Å². The van der Waals surface area contributed by atoms with Crippen molar-refractivity contribution in [1.82, 2.24) is 19.6 Å². The molecule has 4 N–H and O–H groups in total. The van der Waals surface area contributed by atoms with Crippen LogP contribution in [0.2, 0.25) is 5.02 Å². The van der Waals surface area contributed by atoms with Crippen LogP contribution < -0.4 is 11.5 Å². The maximum Gasteiger partial charge on any atom is 0.163 e. The fourth-order valence-electron chi connectivity index (χ4n) is 6.37. The van der Waals surface area contributed by atoms with Crippen molar-refractivity contribution in [1.29, 1.82) is 0 Å². The van der Waals surface area contributed by atoms with E-state index in [9.17, 15) is 0 Å². The average molecular weight is 559 g/mol. The number of hydrogen-bond acceptors (Lipinski definition) is 8. The molecule has 4 heterocycles. The summed E-state index contributed by atoms with van der Waals surface area (Å²) in [6.07, 6.45) is 2.23. The first-order valence-electron chi connectivity index (χ1n) is 12.7. The number of benzene rings is 1. The molecule has 4 atom stereocenters. The summed E-state index contributed by atoms with van der Waals surface area (Å²) >= 11 is 6.05. The van der Waals surface area contributed by atoms with E-state index in [0.717, 1.165) is 5.56 Å². The van der Waals surface area contributed by atoms with Crippen LogP contribution in [0.3, 0.4) is 0 Å². The van der Waals surface area contributed by atoms with E-state index in [-0.39, 0.29) is 40.3 Å². The Hall–Kier alpha value is -3.12. The summed E-state index contributed by atoms with van der Waals surface area (Å²) in [6, 6.07) is 6.24. The monoisotopic (exact) mass is 558 g/mol. The molecule has 3 aromatic heterocycles. The Bertz CT molecular complexity index is 1600. The van der Waals surface area contributed by atoms with Gasteiger partial charge < -0.3 is 25.7 Å². The van der Waals surface area contributed by atoms with Gasteiger partial charge in [0.25, 0.3) is 0 Å². The summed E-state index contributed by atoms with van der Waals surface area (Å²) in [5.41, 5.74) is 13.3. The third-order valence-electron chi connectivity index (χ3n) is 7.97. The van der Waals surface area contributed by atoms with Crippen molar-refractivity contribution < 1.29 is 23.0 Å². The van der Waals surface area contributed by atoms with Crippen LogP contribution in [0.5, 0.6) is 0 Å². The molecule has 0 radical (unpaired) electrons. The molecule has 1 saturated carbocycles. The van der Waals surface area contributed by atoms with Crippen molar-refractivity contribution in [3.8, 4) is 0 Å². The Balaban J connectivity index is 1.38. The zero-order chi connectivity index (χ0) is 27.7. The molecule has 1 aliphatic heterocycles. The quantitative estimate of drug-likeness (QED) is 0.351. The first kappa shape index (κ1) is 26.1. The molecule has 2 aliphatic rings. The number of pyridine rings is 1. The van der Waals surface area contributed by atoms with Crippen LogP contribution in [0, 0.1) is 17.0 Å². The van der Waals surface area contributed by atoms with E-state index < -0.39 is 22.8 Å². The van der Waals surface area contributed by atoms with Gasteiger partial charge in [0, 0.05) is 23.8 Å². The van der Waals surface area contributed by atoms with Gasteiger partial charge in [-0.3, -0.25) is 0 Å². The number of ether oxygens (including phenoxy) is 3. The van der Waals surface area contributed by atoms with Gasteiger partial charge in [-0.15, -0.1) is 0 Å². The summed E-state index contributed by atoms with van der Waals surface area (Å²) in [6.45, 7) is 4.08. The molecule has 0 spiro atoms. The van der Waals surface area contributed by atoms with Crippen LogP contribution in [-0.2, 0) is 20.6 Å². The number of anilines is 2. The van der Waals surface area contributed by atoms with Crippen molar-refractivity contribution in [2.24, 2.45) is 5.41 Å². The van der Waals surface area contributed by atoms with Gasteiger partial charge >= 0.3 is 0 Å². The highest BCUT2D eigenvalue weighted by Gasteiger charge is 2.62. The maximum atomic E-state index is 15.0. The first-order valence-corrected chi connectivity index (χ1v) is 13.1. The van der Waals surface area contributed by atoms with E-state index in [1.54, 1.807) is 7.11 Å². The lowest BCUT2D eigenvalue weighted by Crippen LogP contribution is -2.39. The van der Waals surface area contributed by atoms with Crippen LogP contribution in [0.4, 0.5) is 20.4 Å². The van der Waals surface area contributed by atoms with E-state index in [0.29, 0.717) is 42.5 Å². The molecule has 39 heavy (non-hydrogen) atoms. The second kappa shape index (κ2) is 9.22. The number of fused-ring (bicyclic) bond motifs is 3. The molecule has 1 aromatic carbocycles. The third kappa shape index (κ3) is 4.28. The van der Waals surface area contributed by atoms with Crippen molar-refractivity contribution in [2.75, 3.05) is 25.2 Å². The Morgan fingerprint density at radius 1 is 1.13 bits per heavy atom. The minimum atomic E-state index is -0.859. The molecular weight excluding hydrogens is 530 g/mol. The average Bonchev–Trinajstić information content (AvgIpc) is 3.47. The molecule has 0 unspecified atom stereocenters. The van der Waals surface area contributed by atoms with E-state index in [4.69, 9.17) is 37.3 Å². The fraction of sp³-hybridized carbons (Fsp3) is 0.444. The number of rotatable bonds is 6. The largest absolute Gasteiger partial charge is 0.384 e. The van der Waals surface area contributed by atoms with E-state index in [1.807, 2.05) is 19.9 Å². The summed E-state index contributed by atoms with van der Waals surface area (Å²) in [4.78, 5) is 8.20. The minimum Gasteiger partial charge on any atom is -0.384 e. The zero-order valence-electron chi connectivity index (χ0n) is 21.7. The molecule has 4 aromatic rings. The summed E-state index contributed by atoms with van der Waals surface area (Å²) in [5.74, 6) is -1.84. The molecule has 206 valence electrons. The van der Waals surface area contributed by atoms with Gasteiger partial charge in [0.2, 0.25) is 0 Å². The topological polar surface area (TPSA) is 123 Å². The number of hydrogen-bond donors (Lipinski definition) is 2. The fourth-order valence-corrected chi connectivity index (χ4v) is 6.52. The van der Waals surface area contributed by atoms with Crippen molar-refractivity contribution in [3.63, 3.8) is 0 Å². The number of aryl methyl sites for hydroxylation is 1. The van der Waals surface area contributed by atoms with Crippen LogP contribution in [-0.4, -0.2) is 51.3 Å². The number of halogens is 3. The Morgan fingerprint density at radius 3 is 2.69 bits per heavy atom. The highest BCUT2D eigenvalue weighted by Crippen LogP contribution is 2.57. The van der Waals surface area contributed by atoms with Gasteiger partial charge in [-0.2, -0.15) is 5.10 Å². The molecular formula is C27H29ClF2N6O3. The molecule has 12 heteroatoms. The van der Waals surface area contributed by atoms with Gasteiger partial charge in [0.1, 0.15) is 23.5 Å². The lowest BCUT2D eigenvalue weighted by molar-refractivity contribution is -0.172. The van der Waals surface area contributed by atoms with Crippen LogP contribution in [0.1, 0.15) is 43.9 Å². The highest BCUT2D eigenvalue weighted by atomic mass is 35.5. The van der Waals surface area contributed by atoms with Crippen molar-refractivity contribution in [2.45, 2.75) is 57.0 Å². The highest BCUT2D eigenvalue weighted by molar-refractivity contribution is 6.33. The summed E-state index contributed by atoms with van der Waals surface area (Å²) in [7, 11) is 1.64. The number of nitrogens with two attached hydrogens (primary N) is 2. The van der Waals surface area contributed by atoms with Gasteiger partial charge in [-0.05, 0) is 62.9 Å². The van der Waals surface area contributed by atoms with Gasteiger partial charge in [-0.1, -0.05) is 11.6 Å². The SMILES string of the molecule is COC[C@]1(CCc2cc(F)c3cc(Cl)c(N)nc3c2)C[C@@H](c2cc(F)c3c(N)ncnn23)[C@@H]2OC(C)(C)O[C@@H]21. The lowest BCUT2D eigenvalue weighted by atomic mass is 9.78. The number of methoxy groups -OCH3 is 1. The number of nitrogen functional groups attached to an aromatic ring is 2. The molecule has 1 saturated heterocycles. The zero-order valence-corrected chi connectivity index (χ0v) is 22.5. The third-order valence-corrected chi connectivity index (χ3v) is 8.27. The lowest BCUT2D eigenvalue weighted by Gasteiger charge is -2.35. The predicted octanol–water partition coefficient (Wildman–Crippen LogP) is 4.65. The molecule has 6 rings (SSSR count). The number of aromatic nitrogens is 4. The summed E-state index contributed by atoms with van der Waals surface area (Å²) < 4.78 is 50.1. The Morgan fingerprint density at radius 2 is 1.92 bits per heavy atom. The molecule has 1 aliphatic carbocycles. The second-order valence-electron chi connectivity index (χ2n) is 10.9. The van der Waals surface area contributed by atoms with Crippen LogP contribution in [0.25, 0.3) is 16.4 Å². The Kier molecular flexibility index (Phi) is 6.18. The summed E-state index contributed by atoms with van der Waals surface area (Å²) in [5, 5.41) is 4.80. The van der Waals surface area contributed by atoms with Crippen LogP contribution in [0.15, 0.2) is 30.6 Å². The van der Waals surface area contributed by atoms with E-state index in [2.05, 4.69) is 15.1 Å². The molecule has 0 bridgehead atoms. The van der Waals surface area contributed by atoms with Gasteiger partial charge in [-0.25, -0.2) is 23.3 Å². The molecule has 2 fully saturated rings. The number of nitrogens with zero attached hydrogens (tertiary/aromatic N) is 4. The van der Waals surface area contributed by atoms with Crippen LogP contribution >= 0.6 is 11.6 Å². The van der Waals surface area contributed by atoms with Crippen molar-refractivity contribution in [3.05, 3.63) is 58.5 Å². The van der Waals surface area contributed by atoms with E-state index >= 15 is 8.78 Å². The van der Waals surface area contributed by atoms with Crippen molar-refractivity contribution >= 4 is 39.7 Å². The second-order valence-corrected chi connectivity index (χ2v) is 11.4. The first-order chi connectivity index (χ1) is 18.5. The molecule has 0 amide bonds.